The van der Waals surface area contributed by atoms with Crippen LogP contribution in [0.1, 0.15) is 66.2 Å². The largest absolute Gasteiger partial charge is 0.436 e. The molecule has 124 valence electrons. The number of rotatable bonds is 4. The lowest BCUT2D eigenvalue weighted by Crippen LogP contribution is -2.50. The van der Waals surface area contributed by atoms with Crippen LogP contribution in [-0.4, -0.2) is 18.4 Å². The first kappa shape index (κ1) is 15.0. The average Bonchev–Trinajstić information content (AvgIpc) is 2.93. The summed E-state index contributed by atoms with van der Waals surface area (Å²) in [5.74, 6) is 3.25. The van der Waals surface area contributed by atoms with Gasteiger partial charge in [-0.3, -0.25) is 4.79 Å². The normalized spacial score (nSPS) is 49.0. The van der Waals surface area contributed by atoms with E-state index in [0.717, 1.165) is 18.3 Å². The SMILES string of the molecule is CC(OC(=O)C1(C)CC1(C)C)OC1C2CC3CC(C2)CC1C3. The number of ether oxygens (including phenoxy) is 2. The van der Waals surface area contributed by atoms with Crippen molar-refractivity contribution in [2.75, 3.05) is 0 Å². The Morgan fingerprint density at radius 3 is 1.95 bits per heavy atom. The molecule has 0 aliphatic heterocycles. The smallest absolute Gasteiger partial charge is 0.314 e. The Morgan fingerprint density at radius 1 is 1.00 bits per heavy atom. The zero-order chi connectivity index (χ0) is 15.7. The quantitative estimate of drug-likeness (QED) is 0.578. The van der Waals surface area contributed by atoms with Gasteiger partial charge in [0.05, 0.1) is 11.5 Å². The van der Waals surface area contributed by atoms with Gasteiger partial charge in [-0.15, -0.1) is 0 Å². The first-order valence-electron chi connectivity index (χ1n) is 9.15. The zero-order valence-corrected chi connectivity index (χ0v) is 14.4. The molecule has 3 nitrogen and oxygen atoms in total. The van der Waals surface area contributed by atoms with Crippen LogP contribution < -0.4 is 0 Å². The van der Waals surface area contributed by atoms with Crippen molar-refractivity contribution < 1.29 is 14.3 Å². The van der Waals surface area contributed by atoms with Gasteiger partial charge >= 0.3 is 5.97 Å². The van der Waals surface area contributed by atoms with Gasteiger partial charge in [0.2, 0.25) is 0 Å². The van der Waals surface area contributed by atoms with Crippen molar-refractivity contribution in [1.29, 1.82) is 0 Å². The summed E-state index contributed by atoms with van der Waals surface area (Å²) in [6, 6.07) is 0. The molecule has 0 radical (unpaired) electrons. The molecule has 4 bridgehead atoms. The van der Waals surface area contributed by atoms with Gasteiger partial charge in [0.1, 0.15) is 0 Å². The Kier molecular flexibility index (Phi) is 3.21. The van der Waals surface area contributed by atoms with Crippen LogP contribution in [0, 0.1) is 34.5 Å². The summed E-state index contributed by atoms with van der Waals surface area (Å²) in [7, 11) is 0. The summed E-state index contributed by atoms with van der Waals surface area (Å²) >= 11 is 0. The molecule has 0 N–H and O–H groups in total. The minimum absolute atomic E-state index is 0.0752. The van der Waals surface area contributed by atoms with E-state index in [-0.39, 0.29) is 16.8 Å². The molecule has 2 atom stereocenters. The lowest BCUT2D eigenvalue weighted by atomic mass is 9.55. The summed E-state index contributed by atoms with van der Waals surface area (Å²) < 4.78 is 11.9. The number of carbonyl (C=O) groups is 1. The average molecular weight is 306 g/mol. The fourth-order valence-corrected chi connectivity index (χ4v) is 5.82. The molecule has 0 aromatic carbocycles. The predicted molar refractivity (Wildman–Crippen MR) is 84.0 cm³/mol. The molecule has 0 aromatic rings. The summed E-state index contributed by atoms with van der Waals surface area (Å²) in [6.07, 6.45) is 7.65. The van der Waals surface area contributed by atoms with E-state index in [1.165, 1.54) is 32.1 Å². The highest BCUT2D eigenvalue weighted by Gasteiger charge is 2.64. The van der Waals surface area contributed by atoms with Gasteiger partial charge in [-0.1, -0.05) is 13.8 Å². The van der Waals surface area contributed by atoms with Crippen molar-refractivity contribution in [2.24, 2.45) is 34.5 Å². The van der Waals surface area contributed by atoms with Crippen LogP contribution in [0.5, 0.6) is 0 Å². The van der Waals surface area contributed by atoms with Gasteiger partial charge in [-0.25, -0.2) is 0 Å². The lowest BCUT2D eigenvalue weighted by molar-refractivity contribution is -0.222. The molecule has 0 spiro atoms. The predicted octanol–water partition coefficient (Wildman–Crippen LogP) is 4.15. The third kappa shape index (κ3) is 2.23. The van der Waals surface area contributed by atoms with E-state index in [1.807, 2.05) is 13.8 Å². The molecule has 5 rings (SSSR count). The van der Waals surface area contributed by atoms with Gasteiger partial charge in [-0.05, 0) is 81.5 Å². The molecule has 0 heterocycles. The Hall–Kier alpha value is -0.570. The molecule has 0 amide bonds. The van der Waals surface area contributed by atoms with E-state index >= 15 is 0 Å². The fraction of sp³-hybridized carbons (Fsp3) is 0.947. The van der Waals surface area contributed by atoms with Crippen LogP contribution in [0.4, 0.5) is 0 Å². The maximum atomic E-state index is 12.4. The van der Waals surface area contributed by atoms with E-state index in [0.29, 0.717) is 17.9 Å². The summed E-state index contributed by atoms with van der Waals surface area (Å²) in [5, 5.41) is 0. The molecule has 0 aromatic heterocycles. The molecule has 3 heteroatoms. The first-order valence-corrected chi connectivity index (χ1v) is 9.15. The molecular formula is C19H30O3. The summed E-state index contributed by atoms with van der Waals surface area (Å²) in [5.41, 5.74) is -0.235. The standard InChI is InChI=1S/C19H30O3/c1-11(22-17(20)19(4)10-18(19,2)3)21-16-14-6-12-5-13(8-14)9-15(16)7-12/h11-16H,5-10H2,1-4H3. The number of esters is 1. The van der Waals surface area contributed by atoms with Gasteiger partial charge in [0.15, 0.2) is 6.29 Å². The van der Waals surface area contributed by atoms with Crippen LogP contribution in [0.3, 0.4) is 0 Å². The van der Waals surface area contributed by atoms with Crippen LogP contribution in [-0.2, 0) is 14.3 Å². The Morgan fingerprint density at radius 2 is 1.50 bits per heavy atom. The Balaban J connectivity index is 1.35. The van der Waals surface area contributed by atoms with Crippen molar-refractivity contribution in [3.63, 3.8) is 0 Å². The van der Waals surface area contributed by atoms with E-state index in [2.05, 4.69) is 13.8 Å². The van der Waals surface area contributed by atoms with Crippen molar-refractivity contribution >= 4 is 5.97 Å². The second kappa shape index (κ2) is 4.72. The van der Waals surface area contributed by atoms with E-state index in [9.17, 15) is 4.79 Å². The maximum absolute atomic E-state index is 12.4. The fourth-order valence-electron chi connectivity index (χ4n) is 5.82. The van der Waals surface area contributed by atoms with Crippen molar-refractivity contribution in [3.8, 4) is 0 Å². The van der Waals surface area contributed by atoms with E-state index in [4.69, 9.17) is 9.47 Å². The summed E-state index contributed by atoms with van der Waals surface area (Å²) in [6.45, 7) is 8.20. The minimum atomic E-state index is -0.400. The molecule has 22 heavy (non-hydrogen) atoms. The van der Waals surface area contributed by atoms with E-state index < -0.39 is 6.29 Å². The number of carbonyl (C=O) groups excluding carboxylic acids is 1. The molecule has 2 unspecified atom stereocenters. The molecule has 5 saturated carbocycles. The Bertz CT molecular complexity index is 455. The Labute approximate surface area is 134 Å². The summed E-state index contributed by atoms with van der Waals surface area (Å²) in [4.78, 5) is 12.4. The highest BCUT2D eigenvalue weighted by molar-refractivity contribution is 5.81. The number of hydrogen-bond donors (Lipinski definition) is 0. The first-order chi connectivity index (χ1) is 10.3. The van der Waals surface area contributed by atoms with Gasteiger partial charge in [0.25, 0.3) is 0 Å². The van der Waals surface area contributed by atoms with Crippen LogP contribution >= 0.6 is 0 Å². The van der Waals surface area contributed by atoms with Crippen LogP contribution in [0.2, 0.25) is 0 Å². The molecule has 5 fully saturated rings. The van der Waals surface area contributed by atoms with Crippen LogP contribution in [0.25, 0.3) is 0 Å². The molecular weight excluding hydrogens is 276 g/mol. The van der Waals surface area contributed by atoms with E-state index in [1.54, 1.807) is 0 Å². The highest BCUT2D eigenvalue weighted by atomic mass is 16.7. The van der Waals surface area contributed by atoms with Crippen molar-refractivity contribution in [3.05, 3.63) is 0 Å². The van der Waals surface area contributed by atoms with Gasteiger partial charge in [-0.2, -0.15) is 0 Å². The van der Waals surface area contributed by atoms with Crippen molar-refractivity contribution in [2.45, 2.75) is 78.6 Å². The monoisotopic (exact) mass is 306 g/mol. The van der Waals surface area contributed by atoms with Crippen LogP contribution in [0.15, 0.2) is 0 Å². The second-order valence-corrected chi connectivity index (χ2v) is 9.40. The van der Waals surface area contributed by atoms with Crippen molar-refractivity contribution in [1.82, 2.24) is 0 Å². The lowest BCUT2D eigenvalue weighted by Gasteiger charge is -2.54. The third-order valence-corrected chi connectivity index (χ3v) is 7.38. The minimum Gasteiger partial charge on any atom is -0.436 e. The molecule has 5 aliphatic rings. The topological polar surface area (TPSA) is 35.5 Å². The zero-order valence-electron chi connectivity index (χ0n) is 14.4. The third-order valence-electron chi connectivity index (χ3n) is 7.38. The molecule has 0 saturated heterocycles. The van der Waals surface area contributed by atoms with Gasteiger partial charge in [0, 0.05) is 0 Å². The second-order valence-electron chi connectivity index (χ2n) is 9.40. The van der Waals surface area contributed by atoms with Gasteiger partial charge < -0.3 is 9.47 Å². The maximum Gasteiger partial charge on any atom is 0.314 e. The number of hydrogen-bond acceptors (Lipinski definition) is 3. The molecule has 5 aliphatic carbocycles. The highest BCUT2D eigenvalue weighted by Crippen LogP contribution is 2.63.